The van der Waals surface area contributed by atoms with Crippen LogP contribution in [0.15, 0.2) is 58.5 Å². The van der Waals surface area contributed by atoms with E-state index in [1.807, 2.05) is 36.6 Å². The van der Waals surface area contributed by atoms with E-state index in [0.717, 1.165) is 27.5 Å². The highest BCUT2D eigenvalue weighted by molar-refractivity contribution is 7.99. The molecule has 0 aliphatic carbocycles. The predicted octanol–water partition coefficient (Wildman–Crippen LogP) is 6.34. The Labute approximate surface area is 191 Å². The highest BCUT2D eigenvalue weighted by Gasteiger charge is 2.13. The number of hydrazone groups is 1. The Morgan fingerprint density at radius 3 is 2.60 bits per heavy atom. The van der Waals surface area contributed by atoms with Gasteiger partial charge in [-0.2, -0.15) is 5.10 Å². The summed E-state index contributed by atoms with van der Waals surface area (Å²) >= 11 is 14.2. The molecule has 3 rings (SSSR count). The molecule has 7 heteroatoms. The van der Waals surface area contributed by atoms with Crippen molar-refractivity contribution in [3.8, 4) is 5.69 Å². The molecule has 4 nitrogen and oxygen atoms in total. The molecule has 30 heavy (non-hydrogen) atoms. The molecular weight excluding hydrogens is 437 g/mol. The van der Waals surface area contributed by atoms with E-state index in [1.165, 1.54) is 5.56 Å². The molecule has 0 radical (unpaired) electrons. The van der Waals surface area contributed by atoms with Gasteiger partial charge in [0.2, 0.25) is 5.91 Å². The highest BCUT2D eigenvalue weighted by Crippen LogP contribution is 2.31. The van der Waals surface area contributed by atoms with Gasteiger partial charge in [0.15, 0.2) is 0 Å². The summed E-state index contributed by atoms with van der Waals surface area (Å²) in [5.41, 5.74) is 7.51. The molecule has 0 saturated carbocycles. The van der Waals surface area contributed by atoms with Crippen LogP contribution in [0.2, 0.25) is 10.0 Å². The minimum absolute atomic E-state index is 0.113. The number of thioether (sulfide) groups is 1. The summed E-state index contributed by atoms with van der Waals surface area (Å²) in [6.07, 6.45) is 2.05. The maximum atomic E-state index is 12.1. The van der Waals surface area contributed by atoms with Gasteiger partial charge in [0.1, 0.15) is 0 Å². The zero-order valence-corrected chi connectivity index (χ0v) is 19.4. The van der Waals surface area contributed by atoms with Crippen LogP contribution in [-0.4, -0.2) is 22.4 Å². The minimum Gasteiger partial charge on any atom is -0.316 e. The number of nitrogens with one attached hydrogen (secondary N) is 1. The van der Waals surface area contributed by atoms with Gasteiger partial charge >= 0.3 is 0 Å². The van der Waals surface area contributed by atoms with Crippen LogP contribution < -0.4 is 5.43 Å². The van der Waals surface area contributed by atoms with Crippen LogP contribution in [0.3, 0.4) is 0 Å². The summed E-state index contributed by atoms with van der Waals surface area (Å²) in [6.45, 7) is 6.02. The lowest BCUT2D eigenvalue weighted by Crippen LogP contribution is -2.17. The first-order valence-corrected chi connectivity index (χ1v) is 11.3. The molecule has 156 valence electrons. The number of hydrogen-bond donors (Lipinski definition) is 1. The fourth-order valence-electron chi connectivity index (χ4n) is 3.08. The van der Waals surface area contributed by atoms with E-state index in [9.17, 15) is 4.79 Å². The molecule has 1 N–H and O–H groups in total. The summed E-state index contributed by atoms with van der Waals surface area (Å²) in [4.78, 5) is 13.2. The first kappa shape index (κ1) is 22.5. The Morgan fingerprint density at radius 2 is 1.87 bits per heavy atom. The van der Waals surface area contributed by atoms with Crippen molar-refractivity contribution in [2.24, 2.45) is 5.10 Å². The second-order valence-electron chi connectivity index (χ2n) is 6.94. The summed E-state index contributed by atoms with van der Waals surface area (Å²) in [7, 11) is 0. The monoisotopic (exact) mass is 459 g/mol. The van der Waals surface area contributed by atoms with E-state index in [2.05, 4.69) is 41.7 Å². The van der Waals surface area contributed by atoms with E-state index < -0.39 is 0 Å². The van der Waals surface area contributed by atoms with Crippen LogP contribution in [0.5, 0.6) is 0 Å². The molecule has 1 aromatic heterocycles. The maximum absolute atomic E-state index is 12.1. The van der Waals surface area contributed by atoms with Crippen LogP contribution >= 0.6 is 35.0 Å². The summed E-state index contributed by atoms with van der Waals surface area (Å²) in [5.74, 6) is 0.587. The number of hydrogen-bond acceptors (Lipinski definition) is 3. The Morgan fingerprint density at radius 1 is 1.13 bits per heavy atom. The molecule has 0 atom stereocenters. The standard InChI is InChI=1S/C23H23Cl2N3OS/c1-15-7-9-19(10-8-15)30-12-11-22(29)27-26-14-18-13-16(2)28(17(18)3)21-6-4-5-20(24)23(21)25/h4-10,13-14H,11-12H2,1-3H3,(H,27,29)/b26-14-. The lowest BCUT2D eigenvalue weighted by Gasteiger charge is -2.12. The van der Waals surface area contributed by atoms with E-state index in [1.54, 1.807) is 24.0 Å². The van der Waals surface area contributed by atoms with Crippen molar-refractivity contribution >= 4 is 47.1 Å². The molecule has 2 aromatic carbocycles. The Hall–Kier alpha value is -2.21. The molecule has 3 aromatic rings. The Balaban J connectivity index is 1.59. The fraction of sp³-hybridized carbons (Fsp3) is 0.217. The third-order valence-electron chi connectivity index (χ3n) is 4.65. The molecular formula is C23H23Cl2N3OS. The first-order chi connectivity index (χ1) is 14.4. The summed E-state index contributed by atoms with van der Waals surface area (Å²) in [6, 6.07) is 15.8. The third kappa shape index (κ3) is 5.48. The molecule has 0 aliphatic rings. The normalized spacial score (nSPS) is 11.2. The van der Waals surface area contributed by atoms with Crippen molar-refractivity contribution in [2.75, 3.05) is 5.75 Å². The number of rotatable bonds is 7. The summed E-state index contributed by atoms with van der Waals surface area (Å²) in [5, 5.41) is 5.13. The largest absolute Gasteiger partial charge is 0.316 e. The maximum Gasteiger partial charge on any atom is 0.240 e. The highest BCUT2D eigenvalue weighted by atomic mass is 35.5. The molecule has 1 heterocycles. The first-order valence-electron chi connectivity index (χ1n) is 9.51. The predicted molar refractivity (Wildman–Crippen MR) is 128 cm³/mol. The molecule has 0 spiro atoms. The molecule has 0 bridgehead atoms. The number of carbonyl (C=O) groups excluding carboxylic acids is 1. The van der Waals surface area contributed by atoms with Gasteiger partial charge in [-0.25, -0.2) is 5.43 Å². The molecule has 0 saturated heterocycles. The van der Waals surface area contributed by atoms with Crippen LogP contribution in [0.1, 0.15) is 28.9 Å². The number of aryl methyl sites for hydroxylation is 2. The van der Waals surface area contributed by atoms with E-state index in [4.69, 9.17) is 23.2 Å². The second kappa shape index (κ2) is 10.2. The average Bonchev–Trinajstić information content (AvgIpc) is 2.99. The number of nitrogens with zero attached hydrogens (tertiary/aromatic N) is 2. The van der Waals surface area contributed by atoms with Gasteiger partial charge < -0.3 is 4.57 Å². The second-order valence-corrected chi connectivity index (χ2v) is 8.89. The fourth-order valence-corrected chi connectivity index (χ4v) is 4.31. The van der Waals surface area contributed by atoms with Crippen LogP contribution in [-0.2, 0) is 4.79 Å². The van der Waals surface area contributed by atoms with E-state index in [0.29, 0.717) is 22.2 Å². The van der Waals surface area contributed by atoms with Gasteiger partial charge in [-0.1, -0.05) is 47.0 Å². The number of benzene rings is 2. The Kier molecular flexibility index (Phi) is 7.64. The third-order valence-corrected chi connectivity index (χ3v) is 6.48. The van der Waals surface area contributed by atoms with Crippen LogP contribution in [0.4, 0.5) is 0 Å². The summed E-state index contributed by atoms with van der Waals surface area (Å²) < 4.78 is 2.02. The van der Waals surface area contributed by atoms with Gasteiger partial charge in [0.05, 0.1) is 21.9 Å². The van der Waals surface area contributed by atoms with Crippen molar-refractivity contribution in [2.45, 2.75) is 32.1 Å². The molecule has 0 aliphatic heterocycles. The number of halogens is 2. The van der Waals surface area contributed by atoms with Gasteiger partial charge in [0.25, 0.3) is 0 Å². The van der Waals surface area contributed by atoms with E-state index in [-0.39, 0.29) is 5.91 Å². The van der Waals surface area contributed by atoms with Crippen molar-refractivity contribution in [3.05, 3.63) is 81.1 Å². The Bertz CT molecular complexity index is 1070. The molecule has 0 unspecified atom stereocenters. The van der Waals surface area contributed by atoms with Gasteiger partial charge in [-0.05, 0) is 51.1 Å². The lowest BCUT2D eigenvalue weighted by molar-refractivity contribution is -0.120. The lowest BCUT2D eigenvalue weighted by atomic mass is 10.2. The zero-order chi connectivity index (χ0) is 21.7. The zero-order valence-electron chi connectivity index (χ0n) is 17.1. The number of aromatic nitrogens is 1. The van der Waals surface area contributed by atoms with Crippen LogP contribution in [0, 0.1) is 20.8 Å². The van der Waals surface area contributed by atoms with Crippen molar-refractivity contribution in [1.29, 1.82) is 0 Å². The van der Waals surface area contributed by atoms with Crippen LogP contribution in [0.25, 0.3) is 5.69 Å². The van der Waals surface area contributed by atoms with Gasteiger partial charge in [-0.15, -0.1) is 11.8 Å². The SMILES string of the molecule is Cc1ccc(SCCC(=O)N/N=C\c2cc(C)n(-c3cccc(Cl)c3Cl)c2C)cc1. The van der Waals surface area contributed by atoms with Crippen molar-refractivity contribution < 1.29 is 4.79 Å². The van der Waals surface area contributed by atoms with Gasteiger partial charge in [-0.3, -0.25) is 4.79 Å². The number of carbonyl (C=O) groups is 1. The van der Waals surface area contributed by atoms with Crippen molar-refractivity contribution in [1.82, 2.24) is 9.99 Å². The number of amides is 1. The topological polar surface area (TPSA) is 46.4 Å². The quantitative estimate of drug-likeness (QED) is 0.254. The molecule has 1 amide bonds. The average molecular weight is 460 g/mol. The smallest absolute Gasteiger partial charge is 0.240 e. The van der Waals surface area contributed by atoms with Gasteiger partial charge in [0, 0.05) is 34.0 Å². The van der Waals surface area contributed by atoms with Crippen molar-refractivity contribution in [3.63, 3.8) is 0 Å². The molecule has 0 fully saturated rings. The van der Waals surface area contributed by atoms with E-state index >= 15 is 0 Å². The minimum atomic E-state index is -0.113.